The van der Waals surface area contributed by atoms with Gasteiger partial charge < -0.3 is 21.9 Å². The minimum atomic E-state index is -0.508. The van der Waals surface area contributed by atoms with E-state index in [9.17, 15) is 9.59 Å². The molecular formula is C16H17Cl2N3O3. The van der Waals surface area contributed by atoms with Gasteiger partial charge in [0.15, 0.2) is 0 Å². The van der Waals surface area contributed by atoms with Gasteiger partial charge in [-0.25, -0.2) is 4.79 Å². The molecule has 0 bridgehead atoms. The molecule has 0 heterocycles. The molecule has 0 spiro atoms. The zero-order valence-corrected chi connectivity index (χ0v) is 14.4. The highest BCUT2D eigenvalue weighted by Crippen LogP contribution is 2.20. The number of ether oxygens (including phenoxy) is 1. The van der Waals surface area contributed by atoms with Gasteiger partial charge in [0.1, 0.15) is 0 Å². The third-order valence-corrected chi connectivity index (χ3v) is 3.45. The molecule has 0 fully saturated rings. The maximum Gasteiger partial charge on any atom is 0.338 e. The first kappa shape index (κ1) is 19.6. The van der Waals surface area contributed by atoms with E-state index in [-0.39, 0.29) is 5.97 Å². The van der Waals surface area contributed by atoms with Crippen molar-refractivity contribution in [2.45, 2.75) is 6.92 Å². The van der Waals surface area contributed by atoms with Crippen molar-refractivity contribution in [3.63, 3.8) is 0 Å². The molecule has 0 aromatic heterocycles. The monoisotopic (exact) mass is 369 g/mol. The number of esters is 1. The third kappa shape index (κ3) is 5.64. The number of benzene rings is 2. The Balaban J connectivity index is 0.000000243. The van der Waals surface area contributed by atoms with E-state index in [1.165, 1.54) is 18.2 Å². The van der Waals surface area contributed by atoms with Crippen LogP contribution in [-0.2, 0) is 4.74 Å². The van der Waals surface area contributed by atoms with Crippen molar-refractivity contribution in [2.24, 2.45) is 5.73 Å². The number of hydrogen-bond donors (Lipinski definition) is 3. The quantitative estimate of drug-likeness (QED) is 0.566. The summed E-state index contributed by atoms with van der Waals surface area (Å²) >= 11 is 11.4. The van der Waals surface area contributed by atoms with Gasteiger partial charge in [-0.1, -0.05) is 23.2 Å². The van der Waals surface area contributed by atoms with Crippen molar-refractivity contribution < 1.29 is 14.3 Å². The van der Waals surface area contributed by atoms with Gasteiger partial charge in [-0.3, -0.25) is 4.79 Å². The van der Waals surface area contributed by atoms with Gasteiger partial charge in [0.2, 0.25) is 5.91 Å². The zero-order valence-electron chi connectivity index (χ0n) is 12.9. The third-order valence-electron chi connectivity index (χ3n) is 2.80. The fraction of sp³-hybridized carbons (Fsp3) is 0.125. The van der Waals surface area contributed by atoms with E-state index in [4.69, 9.17) is 45.1 Å². The molecule has 128 valence electrons. The molecule has 0 atom stereocenters. The minimum Gasteiger partial charge on any atom is -0.462 e. The molecule has 8 heteroatoms. The van der Waals surface area contributed by atoms with Gasteiger partial charge in [0, 0.05) is 5.56 Å². The van der Waals surface area contributed by atoms with Crippen LogP contribution in [0.1, 0.15) is 27.6 Å². The number of rotatable bonds is 3. The normalized spacial score (nSPS) is 9.62. The van der Waals surface area contributed by atoms with Gasteiger partial charge in [-0.05, 0) is 43.3 Å². The maximum atomic E-state index is 11.2. The molecular weight excluding hydrogens is 353 g/mol. The van der Waals surface area contributed by atoms with Crippen LogP contribution in [0.25, 0.3) is 0 Å². The molecule has 1 amide bonds. The van der Waals surface area contributed by atoms with E-state index >= 15 is 0 Å². The van der Waals surface area contributed by atoms with Crippen LogP contribution >= 0.6 is 23.2 Å². The number of carbonyl (C=O) groups is 2. The number of primary amides is 1. The van der Waals surface area contributed by atoms with E-state index in [0.29, 0.717) is 39.2 Å². The van der Waals surface area contributed by atoms with Crippen molar-refractivity contribution in [3.05, 3.63) is 57.6 Å². The van der Waals surface area contributed by atoms with Crippen LogP contribution < -0.4 is 17.2 Å². The lowest BCUT2D eigenvalue weighted by Gasteiger charge is -2.03. The molecule has 0 aliphatic carbocycles. The number of amides is 1. The molecule has 6 N–H and O–H groups in total. The summed E-state index contributed by atoms with van der Waals surface area (Å²) in [6.45, 7) is 2.09. The lowest BCUT2D eigenvalue weighted by Crippen LogP contribution is -2.10. The van der Waals surface area contributed by atoms with Crippen LogP contribution in [0, 0.1) is 0 Å². The van der Waals surface area contributed by atoms with E-state index in [2.05, 4.69) is 0 Å². The van der Waals surface area contributed by atoms with Crippen LogP contribution in [0.3, 0.4) is 0 Å². The van der Waals surface area contributed by atoms with Gasteiger partial charge in [-0.2, -0.15) is 0 Å². The van der Waals surface area contributed by atoms with Crippen molar-refractivity contribution in [1.29, 1.82) is 0 Å². The standard InChI is InChI=1S/C9H10ClNO2.C7H7ClN2O/c1-2-13-9(12)6-3-4-8(11)7(10)5-6;8-5-3-4(7(10)11)1-2-6(5)9/h3-5H,2,11H2,1H3;1-3H,9H2,(H2,10,11). The van der Waals surface area contributed by atoms with E-state index in [0.717, 1.165) is 0 Å². The number of hydrogen-bond acceptors (Lipinski definition) is 5. The molecule has 6 nitrogen and oxygen atoms in total. The number of anilines is 2. The fourth-order valence-electron chi connectivity index (χ4n) is 1.55. The topological polar surface area (TPSA) is 121 Å². The fourth-order valence-corrected chi connectivity index (χ4v) is 1.91. The largest absolute Gasteiger partial charge is 0.462 e. The first-order chi connectivity index (χ1) is 11.3. The van der Waals surface area contributed by atoms with Crippen LogP contribution in [0.5, 0.6) is 0 Å². The molecule has 0 aliphatic heterocycles. The Morgan fingerprint density at radius 3 is 1.83 bits per heavy atom. The molecule has 0 saturated carbocycles. The highest BCUT2D eigenvalue weighted by atomic mass is 35.5. The number of nitrogen functional groups attached to an aromatic ring is 2. The highest BCUT2D eigenvalue weighted by molar-refractivity contribution is 6.33. The summed E-state index contributed by atoms with van der Waals surface area (Å²) in [6.07, 6.45) is 0. The van der Waals surface area contributed by atoms with Crippen molar-refractivity contribution in [1.82, 2.24) is 0 Å². The van der Waals surface area contributed by atoms with Crippen LogP contribution in [0.15, 0.2) is 36.4 Å². The average Bonchev–Trinajstić information content (AvgIpc) is 2.53. The number of carbonyl (C=O) groups excluding carboxylic acids is 2. The second-order valence-electron chi connectivity index (χ2n) is 4.56. The molecule has 0 aliphatic rings. The Hall–Kier alpha value is -2.44. The summed E-state index contributed by atoms with van der Waals surface area (Å²) in [7, 11) is 0. The van der Waals surface area contributed by atoms with Crippen molar-refractivity contribution >= 4 is 46.5 Å². The zero-order chi connectivity index (χ0) is 18.3. The summed E-state index contributed by atoms with van der Waals surface area (Å²) < 4.78 is 4.78. The SMILES string of the molecule is CCOC(=O)c1ccc(N)c(Cl)c1.NC(=O)c1ccc(N)c(Cl)c1. The summed E-state index contributed by atoms with van der Waals surface area (Å²) in [6, 6.07) is 9.17. The lowest BCUT2D eigenvalue weighted by molar-refractivity contribution is 0.0526. The van der Waals surface area contributed by atoms with Crippen LogP contribution in [-0.4, -0.2) is 18.5 Å². The first-order valence-electron chi connectivity index (χ1n) is 6.83. The van der Waals surface area contributed by atoms with Crippen molar-refractivity contribution in [3.8, 4) is 0 Å². The van der Waals surface area contributed by atoms with Gasteiger partial charge in [-0.15, -0.1) is 0 Å². The second kappa shape index (κ2) is 9.00. The predicted molar refractivity (Wildman–Crippen MR) is 96.2 cm³/mol. The predicted octanol–water partition coefficient (Wildman–Crippen LogP) is 3.12. The Morgan fingerprint density at radius 2 is 1.42 bits per heavy atom. The maximum absolute atomic E-state index is 11.2. The van der Waals surface area contributed by atoms with E-state index in [1.807, 2.05) is 0 Å². The molecule has 0 unspecified atom stereocenters. The van der Waals surface area contributed by atoms with Crippen molar-refractivity contribution in [2.75, 3.05) is 18.1 Å². The summed E-state index contributed by atoms with van der Waals surface area (Å²) in [5, 5.41) is 0.715. The molecule has 2 rings (SSSR count). The smallest absolute Gasteiger partial charge is 0.338 e. The Bertz CT molecular complexity index is 751. The molecule has 24 heavy (non-hydrogen) atoms. The molecule has 2 aromatic carbocycles. The lowest BCUT2D eigenvalue weighted by atomic mass is 10.2. The average molecular weight is 370 g/mol. The van der Waals surface area contributed by atoms with Gasteiger partial charge in [0.25, 0.3) is 0 Å². The molecule has 2 aromatic rings. The highest BCUT2D eigenvalue weighted by Gasteiger charge is 2.07. The first-order valence-corrected chi connectivity index (χ1v) is 7.58. The summed E-state index contributed by atoms with van der Waals surface area (Å²) in [5.74, 6) is -0.892. The van der Waals surface area contributed by atoms with Crippen LogP contribution in [0.4, 0.5) is 11.4 Å². The summed E-state index contributed by atoms with van der Waals surface area (Å²) in [4.78, 5) is 21.8. The number of halogens is 2. The second-order valence-corrected chi connectivity index (χ2v) is 5.37. The minimum absolute atomic E-state index is 0.348. The summed E-state index contributed by atoms with van der Waals surface area (Å²) in [5.41, 5.74) is 17.6. The number of nitrogens with two attached hydrogens (primary N) is 3. The Labute approximate surface area is 149 Å². The van der Waals surface area contributed by atoms with Gasteiger partial charge >= 0.3 is 5.97 Å². The molecule has 0 radical (unpaired) electrons. The van der Waals surface area contributed by atoms with E-state index < -0.39 is 5.91 Å². The van der Waals surface area contributed by atoms with Gasteiger partial charge in [0.05, 0.1) is 33.6 Å². The Morgan fingerprint density at radius 1 is 0.958 bits per heavy atom. The van der Waals surface area contributed by atoms with Crippen LogP contribution in [0.2, 0.25) is 10.0 Å². The molecule has 0 saturated heterocycles. The van der Waals surface area contributed by atoms with E-state index in [1.54, 1.807) is 25.1 Å². The Kier molecular flexibility index (Phi) is 7.35.